The summed E-state index contributed by atoms with van der Waals surface area (Å²) in [5.41, 5.74) is 4.19. The third kappa shape index (κ3) is 5.13. The van der Waals surface area contributed by atoms with Crippen molar-refractivity contribution in [2.45, 2.75) is 32.5 Å². The van der Waals surface area contributed by atoms with Crippen LogP contribution in [0.4, 0.5) is 5.69 Å². The number of aromatic nitrogens is 3. The number of carbonyl (C=O) groups is 1. The summed E-state index contributed by atoms with van der Waals surface area (Å²) in [6.07, 6.45) is 0. The van der Waals surface area contributed by atoms with Crippen molar-refractivity contribution in [3.63, 3.8) is 0 Å². The molecule has 0 atom stereocenters. The third-order valence-electron chi connectivity index (χ3n) is 4.25. The van der Waals surface area contributed by atoms with E-state index >= 15 is 0 Å². The van der Waals surface area contributed by atoms with E-state index in [9.17, 15) is 4.79 Å². The standard InChI is InChI=1S/C21H24N4O2S/c1-14-6-5-7-17(11-14)22-20(26)13-28-21-24-23-19(25(21)4)12-27-18-9-8-15(2)10-16(18)3/h5-11H,12-13H2,1-4H3,(H,22,26). The van der Waals surface area contributed by atoms with E-state index in [4.69, 9.17) is 4.74 Å². The number of amides is 1. The maximum absolute atomic E-state index is 12.2. The summed E-state index contributed by atoms with van der Waals surface area (Å²) < 4.78 is 7.73. The molecule has 146 valence electrons. The lowest BCUT2D eigenvalue weighted by atomic mass is 10.1. The average Bonchev–Trinajstić information content (AvgIpc) is 2.99. The van der Waals surface area contributed by atoms with Crippen LogP contribution >= 0.6 is 11.8 Å². The minimum Gasteiger partial charge on any atom is -0.485 e. The Morgan fingerprint density at radius 3 is 2.64 bits per heavy atom. The fourth-order valence-corrected chi connectivity index (χ4v) is 3.48. The topological polar surface area (TPSA) is 69.0 Å². The van der Waals surface area contributed by atoms with Gasteiger partial charge in [0.2, 0.25) is 5.91 Å². The molecular formula is C21H24N4O2S. The van der Waals surface area contributed by atoms with Crippen molar-refractivity contribution in [2.24, 2.45) is 7.05 Å². The van der Waals surface area contributed by atoms with Gasteiger partial charge in [-0.25, -0.2) is 0 Å². The van der Waals surface area contributed by atoms with Crippen molar-refractivity contribution in [1.29, 1.82) is 0 Å². The summed E-state index contributed by atoms with van der Waals surface area (Å²) in [7, 11) is 1.88. The fourth-order valence-electron chi connectivity index (χ4n) is 2.75. The minimum absolute atomic E-state index is 0.0771. The second kappa shape index (κ2) is 8.93. The fraction of sp³-hybridized carbons (Fsp3) is 0.286. The lowest BCUT2D eigenvalue weighted by Gasteiger charge is -2.09. The van der Waals surface area contributed by atoms with Gasteiger partial charge >= 0.3 is 0 Å². The Morgan fingerprint density at radius 2 is 1.89 bits per heavy atom. The highest BCUT2D eigenvalue weighted by atomic mass is 32.2. The molecule has 28 heavy (non-hydrogen) atoms. The molecular weight excluding hydrogens is 372 g/mol. The van der Waals surface area contributed by atoms with E-state index in [1.54, 1.807) is 0 Å². The predicted molar refractivity (Wildman–Crippen MR) is 112 cm³/mol. The third-order valence-corrected chi connectivity index (χ3v) is 5.27. The van der Waals surface area contributed by atoms with Crippen molar-refractivity contribution in [2.75, 3.05) is 11.1 Å². The number of carbonyl (C=O) groups excluding carboxylic acids is 1. The summed E-state index contributed by atoms with van der Waals surface area (Å²) in [6.45, 7) is 6.39. The highest BCUT2D eigenvalue weighted by Crippen LogP contribution is 2.21. The van der Waals surface area contributed by atoms with E-state index in [-0.39, 0.29) is 11.7 Å². The molecule has 6 nitrogen and oxygen atoms in total. The monoisotopic (exact) mass is 396 g/mol. The summed E-state index contributed by atoms with van der Waals surface area (Å²) in [6, 6.07) is 13.8. The molecule has 0 aliphatic carbocycles. The molecule has 0 unspecified atom stereocenters. The molecule has 1 amide bonds. The Bertz CT molecular complexity index is 984. The van der Waals surface area contributed by atoms with Crippen LogP contribution in [0, 0.1) is 20.8 Å². The van der Waals surface area contributed by atoms with Gasteiger partial charge in [-0.05, 0) is 50.1 Å². The largest absolute Gasteiger partial charge is 0.485 e. The Labute approximate surface area is 169 Å². The zero-order valence-corrected chi connectivity index (χ0v) is 17.3. The lowest BCUT2D eigenvalue weighted by Crippen LogP contribution is -2.14. The van der Waals surface area contributed by atoms with Gasteiger partial charge in [-0.2, -0.15) is 0 Å². The van der Waals surface area contributed by atoms with Crippen LogP contribution in [0.3, 0.4) is 0 Å². The molecule has 2 aromatic carbocycles. The van der Waals surface area contributed by atoms with E-state index < -0.39 is 0 Å². The quantitative estimate of drug-likeness (QED) is 0.610. The molecule has 0 saturated carbocycles. The van der Waals surface area contributed by atoms with Gasteiger partial charge in [0.1, 0.15) is 12.4 Å². The van der Waals surface area contributed by atoms with E-state index in [1.807, 2.05) is 61.9 Å². The molecule has 0 spiro atoms. The normalized spacial score (nSPS) is 10.7. The number of nitrogens with zero attached hydrogens (tertiary/aromatic N) is 3. The van der Waals surface area contributed by atoms with Crippen LogP contribution in [-0.4, -0.2) is 26.4 Å². The van der Waals surface area contributed by atoms with Gasteiger partial charge in [0.25, 0.3) is 0 Å². The van der Waals surface area contributed by atoms with Crippen LogP contribution in [-0.2, 0) is 18.4 Å². The first kappa shape index (κ1) is 19.9. The van der Waals surface area contributed by atoms with E-state index in [2.05, 4.69) is 28.5 Å². The number of hydrogen-bond acceptors (Lipinski definition) is 5. The second-order valence-corrected chi connectivity index (χ2v) is 7.66. The smallest absolute Gasteiger partial charge is 0.234 e. The number of ether oxygens (including phenoxy) is 1. The highest BCUT2D eigenvalue weighted by molar-refractivity contribution is 7.99. The Kier molecular flexibility index (Phi) is 6.36. The number of thioether (sulfide) groups is 1. The van der Waals surface area contributed by atoms with Crippen LogP contribution in [0.15, 0.2) is 47.6 Å². The molecule has 0 radical (unpaired) electrons. The molecule has 1 aromatic heterocycles. The van der Waals surface area contributed by atoms with Gasteiger partial charge in [-0.3, -0.25) is 4.79 Å². The summed E-state index contributed by atoms with van der Waals surface area (Å²) in [5.74, 6) is 1.73. The van der Waals surface area contributed by atoms with Crippen LogP contribution in [0.5, 0.6) is 5.75 Å². The first-order chi connectivity index (χ1) is 13.4. The molecule has 1 heterocycles. The molecule has 0 saturated heterocycles. The van der Waals surface area contributed by atoms with Gasteiger partial charge in [0.15, 0.2) is 11.0 Å². The first-order valence-corrected chi connectivity index (χ1v) is 9.98. The van der Waals surface area contributed by atoms with E-state index in [0.29, 0.717) is 17.6 Å². The average molecular weight is 397 g/mol. The van der Waals surface area contributed by atoms with Crippen LogP contribution in [0.25, 0.3) is 0 Å². The number of aryl methyl sites for hydroxylation is 3. The van der Waals surface area contributed by atoms with Crippen molar-refractivity contribution < 1.29 is 9.53 Å². The zero-order chi connectivity index (χ0) is 20.1. The Morgan fingerprint density at radius 1 is 1.11 bits per heavy atom. The highest BCUT2D eigenvalue weighted by Gasteiger charge is 2.13. The van der Waals surface area contributed by atoms with Gasteiger partial charge < -0.3 is 14.6 Å². The SMILES string of the molecule is Cc1cccc(NC(=O)CSc2nnc(COc3ccc(C)cc3C)n2C)c1. The number of hydrogen-bond donors (Lipinski definition) is 1. The predicted octanol–water partition coefficient (Wildman–Crippen LogP) is 4.05. The first-order valence-electron chi connectivity index (χ1n) is 9.00. The minimum atomic E-state index is -0.0771. The maximum atomic E-state index is 12.2. The second-order valence-electron chi connectivity index (χ2n) is 6.72. The number of benzene rings is 2. The lowest BCUT2D eigenvalue weighted by molar-refractivity contribution is -0.113. The Hall–Kier alpha value is -2.80. The number of rotatable bonds is 7. The van der Waals surface area contributed by atoms with E-state index in [0.717, 1.165) is 22.6 Å². The van der Waals surface area contributed by atoms with Gasteiger partial charge in [0, 0.05) is 12.7 Å². The molecule has 0 fully saturated rings. The van der Waals surface area contributed by atoms with E-state index in [1.165, 1.54) is 17.3 Å². The maximum Gasteiger partial charge on any atom is 0.234 e. The van der Waals surface area contributed by atoms with Crippen molar-refractivity contribution in [1.82, 2.24) is 14.8 Å². The molecule has 0 aliphatic heterocycles. The number of anilines is 1. The summed E-state index contributed by atoms with van der Waals surface area (Å²) in [5, 5.41) is 11.9. The molecule has 1 N–H and O–H groups in total. The molecule has 0 bridgehead atoms. The number of nitrogens with one attached hydrogen (secondary N) is 1. The van der Waals surface area contributed by atoms with Crippen molar-refractivity contribution >= 4 is 23.4 Å². The Balaban J connectivity index is 1.54. The molecule has 0 aliphatic rings. The summed E-state index contributed by atoms with van der Waals surface area (Å²) >= 11 is 1.35. The van der Waals surface area contributed by atoms with Gasteiger partial charge in [0.05, 0.1) is 5.75 Å². The molecule has 7 heteroatoms. The van der Waals surface area contributed by atoms with Crippen molar-refractivity contribution in [3.8, 4) is 5.75 Å². The van der Waals surface area contributed by atoms with Gasteiger partial charge in [-0.1, -0.05) is 41.6 Å². The van der Waals surface area contributed by atoms with Gasteiger partial charge in [-0.15, -0.1) is 10.2 Å². The van der Waals surface area contributed by atoms with Crippen LogP contribution in [0.2, 0.25) is 0 Å². The zero-order valence-electron chi connectivity index (χ0n) is 16.5. The van der Waals surface area contributed by atoms with Crippen LogP contribution in [0.1, 0.15) is 22.5 Å². The molecule has 3 rings (SSSR count). The van der Waals surface area contributed by atoms with Crippen molar-refractivity contribution in [3.05, 3.63) is 65.0 Å². The summed E-state index contributed by atoms with van der Waals surface area (Å²) in [4.78, 5) is 12.2. The van der Waals surface area contributed by atoms with Crippen LogP contribution < -0.4 is 10.1 Å². The molecule has 3 aromatic rings.